The Hall–Kier alpha value is -1.72. The summed E-state index contributed by atoms with van der Waals surface area (Å²) >= 11 is 0. The molecule has 0 spiro atoms. The standard InChI is InChI=1S/C9H9F2NO3/c1-2-14-8(13)6-4-3-5-7(12-6)15-9(10)11/h3-5,9H,2H2,1H3. The van der Waals surface area contributed by atoms with E-state index in [4.69, 9.17) is 0 Å². The van der Waals surface area contributed by atoms with Crippen molar-refractivity contribution in [1.82, 2.24) is 4.98 Å². The summed E-state index contributed by atoms with van der Waals surface area (Å²) in [5.41, 5.74) is -0.0602. The van der Waals surface area contributed by atoms with E-state index < -0.39 is 12.6 Å². The maximum atomic E-state index is 11.8. The molecule has 0 aliphatic rings. The summed E-state index contributed by atoms with van der Waals surface area (Å²) in [6, 6.07) is 3.97. The summed E-state index contributed by atoms with van der Waals surface area (Å²) in [6.45, 7) is -1.13. The Bertz CT molecular complexity index is 344. The molecule has 0 aliphatic heterocycles. The minimum atomic E-state index is -2.96. The molecule has 1 aromatic rings. The van der Waals surface area contributed by atoms with Crippen LogP contribution in [0.15, 0.2) is 18.2 Å². The normalized spacial score (nSPS) is 10.1. The van der Waals surface area contributed by atoms with Crippen LogP contribution < -0.4 is 4.74 Å². The van der Waals surface area contributed by atoms with Crippen LogP contribution in [0.1, 0.15) is 17.4 Å². The van der Waals surface area contributed by atoms with Gasteiger partial charge in [-0.1, -0.05) is 6.07 Å². The van der Waals surface area contributed by atoms with Gasteiger partial charge in [-0.2, -0.15) is 8.78 Å². The summed E-state index contributed by atoms with van der Waals surface area (Å²) in [6.07, 6.45) is 0. The van der Waals surface area contributed by atoms with Gasteiger partial charge in [-0.3, -0.25) is 0 Å². The van der Waals surface area contributed by atoms with E-state index in [9.17, 15) is 13.6 Å². The second kappa shape index (κ2) is 5.23. The van der Waals surface area contributed by atoms with Gasteiger partial charge in [-0.05, 0) is 13.0 Å². The maximum absolute atomic E-state index is 11.8. The van der Waals surface area contributed by atoms with Gasteiger partial charge in [0.05, 0.1) is 6.61 Å². The van der Waals surface area contributed by atoms with E-state index in [1.54, 1.807) is 6.92 Å². The van der Waals surface area contributed by atoms with Gasteiger partial charge in [-0.15, -0.1) is 0 Å². The van der Waals surface area contributed by atoms with E-state index in [1.165, 1.54) is 18.2 Å². The molecule has 1 heterocycles. The van der Waals surface area contributed by atoms with Crippen molar-refractivity contribution in [2.24, 2.45) is 0 Å². The molecule has 0 N–H and O–H groups in total. The number of rotatable bonds is 4. The Labute approximate surface area is 84.8 Å². The van der Waals surface area contributed by atoms with Crippen molar-refractivity contribution in [2.45, 2.75) is 13.5 Å². The fraction of sp³-hybridized carbons (Fsp3) is 0.333. The molecule has 1 rings (SSSR count). The summed E-state index contributed by atoms with van der Waals surface area (Å²) in [7, 11) is 0. The molecule has 0 saturated carbocycles. The van der Waals surface area contributed by atoms with Crippen LogP contribution in [-0.2, 0) is 4.74 Å². The molecule has 0 atom stereocenters. The number of carbonyl (C=O) groups excluding carboxylic acids is 1. The SMILES string of the molecule is CCOC(=O)c1cccc(OC(F)F)n1. The van der Waals surface area contributed by atoms with Crippen molar-refractivity contribution >= 4 is 5.97 Å². The highest BCUT2D eigenvalue weighted by Gasteiger charge is 2.11. The molecule has 0 unspecified atom stereocenters. The van der Waals surface area contributed by atoms with E-state index in [1.807, 2.05) is 0 Å². The summed E-state index contributed by atoms with van der Waals surface area (Å²) in [4.78, 5) is 14.7. The van der Waals surface area contributed by atoms with E-state index in [2.05, 4.69) is 14.5 Å². The average Bonchev–Trinajstić information content (AvgIpc) is 2.17. The molecule has 4 nitrogen and oxygen atoms in total. The van der Waals surface area contributed by atoms with Gasteiger partial charge in [-0.25, -0.2) is 9.78 Å². The lowest BCUT2D eigenvalue weighted by Crippen LogP contribution is -2.09. The molecule has 1 aromatic heterocycles. The molecule has 0 radical (unpaired) electrons. The van der Waals surface area contributed by atoms with Crippen molar-refractivity contribution in [3.8, 4) is 5.88 Å². The van der Waals surface area contributed by atoms with Crippen LogP contribution in [0.4, 0.5) is 8.78 Å². The zero-order valence-corrected chi connectivity index (χ0v) is 7.94. The zero-order chi connectivity index (χ0) is 11.3. The number of hydrogen-bond acceptors (Lipinski definition) is 4. The van der Waals surface area contributed by atoms with Crippen LogP contribution >= 0.6 is 0 Å². The predicted octanol–water partition coefficient (Wildman–Crippen LogP) is 1.86. The molecule has 0 aliphatic carbocycles. The maximum Gasteiger partial charge on any atom is 0.388 e. The molecule has 0 bridgehead atoms. The molecule has 82 valence electrons. The second-order valence-corrected chi connectivity index (χ2v) is 2.46. The molecular formula is C9H9F2NO3. The van der Waals surface area contributed by atoms with E-state index in [-0.39, 0.29) is 18.2 Å². The van der Waals surface area contributed by atoms with E-state index >= 15 is 0 Å². The Balaban J connectivity index is 2.78. The first kappa shape index (κ1) is 11.4. The molecule has 15 heavy (non-hydrogen) atoms. The lowest BCUT2D eigenvalue weighted by Gasteiger charge is -2.04. The monoisotopic (exact) mass is 217 g/mol. The zero-order valence-electron chi connectivity index (χ0n) is 7.94. The number of aromatic nitrogens is 1. The number of nitrogens with zero attached hydrogens (tertiary/aromatic N) is 1. The molecule has 6 heteroatoms. The minimum absolute atomic E-state index is 0.0602. The quantitative estimate of drug-likeness (QED) is 0.722. The Kier molecular flexibility index (Phi) is 3.96. The van der Waals surface area contributed by atoms with Crippen molar-refractivity contribution < 1.29 is 23.0 Å². The number of alkyl halides is 2. The van der Waals surface area contributed by atoms with Gasteiger partial charge in [0.2, 0.25) is 5.88 Å². The first-order chi connectivity index (χ1) is 7.13. The number of ether oxygens (including phenoxy) is 2. The van der Waals surface area contributed by atoms with Crippen LogP contribution in [-0.4, -0.2) is 24.2 Å². The topological polar surface area (TPSA) is 48.4 Å². The Morgan fingerprint density at radius 1 is 1.53 bits per heavy atom. The Morgan fingerprint density at radius 2 is 2.27 bits per heavy atom. The highest BCUT2D eigenvalue weighted by Crippen LogP contribution is 2.11. The fourth-order valence-electron chi connectivity index (χ4n) is 0.890. The first-order valence-electron chi connectivity index (χ1n) is 4.22. The molecular weight excluding hydrogens is 208 g/mol. The van der Waals surface area contributed by atoms with Crippen molar-refractivity contribution in [3.63, 3.8) is 0 Å². The third kappa shape index (κ3) is 3.49. The Morgan fingerprint density at radius 3 is 2.87 bits per heavy atom. The van der Waals surface area contributed by atoms with E-state index in [0.29, 0.717) is 0 Å². The van der Waals surface area contributed by atoms with Gasteiger partial charge in [0, 0.05) is 6.07 Å². The third-order valence-electron chi connectivity index (χ3n) is 1.42. The smallest absolute Gasteiger partial charge is 0.388 e. The molecule has 0 saturated heterocycles. The van der Waals surface area contributed by atoms with Gasteiger partial charge < -0.3 is 9.47 Å². The molecule has 0 amide bonds. The molecule has 0 fully saturated rings. The number of pyridine rings is 1. The number of carbonyl (C=O) groups is 1. The third-order valence-corrected chi connectivity index (χ3v) is 1.42. The average molecular weight is 217 g/mol. The van der Waals surface area contributed by atoms with Gasteiger partial charge in [0.25, 0.3) is 0 Å². The lowest BCUT2D eigenvalue weighted by molar-refractivity contribution is -0.0530. The fourth-order valence-corrected chi connectivity index (χ4v) is 0.890. The van der Waals surface area contributed by atoms with Gasteiger partial charge in [0.15, 0.2) is 5.69 Å². The number of hydrogen-bond donors (Lipinski definition) is 0. The van der Waals surface area contributed by atoms with Gasteiger partial charge >= 0.3 is 12.6 Å². The molecule has 0 aromatic carbocycles. The van der Waals surface area contributed by atoms with Crippen molar-refractivity contribution in [1.29, 1.82) is 0 Å². The van der Waals surface area contributed by atoms with Crippen LogP contribution in [0.3, 0.4) is 0 Å². The highest BCUT2D eigenvalue weighted by molar-refractivity contribution is 5.87. The second-order valence-electron chi connectivity index (χ2n) is 2.46. The van der Waals surface area contributed by atoms with Crippen LogP contribution in [0.5, 0.6) is 5.88 Å². The van der Waals surface area contributed by atoms with E-state index in [0.717, 1.165) is 0 Å². The van der Waals surface area contributed by atoms with Crippen molar-refractivity contribution in [3.05, 3.63) is 23.9 Å². The number of esters is 1. The van der Waals surface area contributed by atoms with Gasteiger partial charge in [0.1, 0.15) is 0 Å². The van der Waals surface area contributed by atoms with Crippen LogP contribution in [0.2, 0.25) is 0 Å². The highest BCUT2D eigenvalue weighted by atomic mass is 19.3. The minimum Gasteiger partial charge on any atom is -0.461 e. The largest absolute Gasteiger partial charge is 0.461 e. The van der Waals surface area contributed by atoms with Crippen molar-refractivity contribution in [2.75, 3.05) is 6.61 Å². The first-order valence-corrected chi connectivity index (χ1v) is 4.22. The summed E-state index contributed by atoms with van der Waals surface area (Å²) < 4.78 is 32.3. The van der Waals surface area contributed by atoms with Crippen LogP contribution in [0.25, 0.3) is 0 Å². The number of halogens is 2. The summed E-state index contributed by atoms with van der Waals surface area (Å²) in [5.74, 6) is -0.979. The van der Waals surface area contributed by atoms with Crippen LogP contribution in [0, 0.1) is 0 Å². The summed E-state index contributed by atoms with van der Waals surface area (Å²) in [5, 5.41) is 0. The lowest BCUT2D eigenvalue weighted by atomic mass is 10.3. The predicted molar refractivity (Wildman–Crippen MR) is 46.8 cm³/mol.